The molecule has 0 fully saturated rings. The summed E-state index contributed by atoms with van der Waals surface area (Å²) >= 11 is 6.00. The molecule has 5 nitrogen and oxygen atoms in total. The minimum Gasteiger partial charge on any atom is -0.483 e. The van der Waals surface area contributed by atoms with E-state index < -0.39 is 6.04 Å². The Morgan fingerprint density at radius 2 is 1.74 bits per heavy atom. The third-order valence-corrected chi connectivity index (χ3v) is 5.59. The summed E-state index contributed by atoms with van der Waals surface area (Å²) in [6.07, 6.45) is 1.33. The Morgan fingerprint density at radius 1 is 1.06 bits per heavy atom. The van der Waals surface area contributed by atoms with Crippen LogP contribution in [0.25, 0.3) is 0 Å². The molecule has 0 saturated carbocycles. The zero-order valence-electron chi connectivity index (χ0n) is 19.1. The van der Waals surface area contributed by atoms with Crippen LogP contribution < -0.4 is 10.1 Å². The van der Waals surface area contributed by atoms with Crippen molar-refractivity contribution in [3.63, 3.8) is 0 Å². The highest BCUT2D eigenvalue weighted by molar-refractivity contribution is 6.30. The minimum atomic E-state index is -0.583. The van der Waals surface area contributed by atoms with Gasteiger partial charge in [0.05, 0.1) is 0 Å². The molecule has 6 heteroatoms. The van der Waals surface area contributed by atoms with Crippen molar-refractivity contribution in [3.05, 3.63) is 64.2 Å². The SMILES string of the molecule is CC[C@@H](C)NC(=O)[C@@H](CC)N(Cc1ccc(Cl)cc1)C(=O)COc1ccc(C)cc1C. The summed E-state index contributed by atoms with van der Waals surface area (Å²) in [7, 11) is 0. The predicted octanol–water partition coefficient (Wildman–Crippen LogP) is 5.06. The summed E-state index contributed by atoms with van der Waals surface area (Å²) in [5.74, 6) is 0.286. The quantitative estimate of drug-likeness (QED) is 0.557. The molecule has 2 atom stereocenters. The lowest BCUT2D eigenvalue weighted by Gasteiger charge is -2.31. The second-order valence-electron chi connectivity index (χ2n) is 7.95. The zero-order chi connectivity index (χ0) is 23.0. The van der Waals surface area contributed by atoms with Crippen molar-refractivity contribution < 1.29 is 14.3 Å². The number of ether oxygens (including phenoxy) is 1. The van der Waals surface area contributed by atoms with E-state index in [1.807, 2.05) is 65.0 Å². The lowest BCUT2D eigenvalue weighted by atomic mass is 10.1. The highest BCUT2D eigenvalue weighted by Crippen LogP contribution is 2.20. The van der Waals surface area contributed by atoms with E-state index in [-0.39, 0.29) is 24.5 Å². The summed E-state index contributed by atoms with van der Waals surface area (Å²) < 4.78 is 5.82. The van der Waals surface area contributed by atoms with E-state index in [1.165, 1.54) is 0 Å². The van der Waals surface area contributed by atoms with E-state index in [0.29, 0.717) is 23.7 Å². The number of rotatable bonds is 10. The molecule has 0 unspecified atom stereocenters. The normalized spacial score (nSPS) is 12.7. The number of aryl methyl sites for hydroxylation is 2. The smallest absolute Gasteiger partial charge is 0.261 e. The van der Waals surface area contributed by atoms with Gasteiger partial charge in [-0.05, 0) is 62.9 Å². The highest BCUT2D eigenvalue weighted by atomic mass is 35.5. The number of hydrogen-bond acceptors (Lipinski definition) is 3. The Bertz CT molecular complexity index is 883. The molecule has 0 spiro atoms. The molecule has 2 rings (SSSR count). The molecular weight excluding hydrogens is 412 g/mol. The third-order valence-electron chi connectivity index (χ3n) is 5.33. The number of carbonyl (C=O) groups excluding carboxylic acids is 2. The van der Waals surface area contributed by atoms with Gasteiger partial charge in [0.15, 0.2) is 6.61 Å². The number of halogens is 1. The van der Waals surface area contributed by atoms with Crippen LogP contribution in [0.3, 0.4) is 0 Å². The topological polar surface area (TPSA) is 58.6 Å². The molecule has 2 aromatic carbocycles. The van der Waals surface area contributed by atoms with Crippen LogP contribution in [0.2, 0.25) is 5.02 Å². The summed E-state index contributed by atoms with van der Waals surface area (Å²) in [5.41, 5.74) is 3.01. The van der Waals surface area contributed by atoms with Gasteiger partial charge in [0.2, 0.25) is 5.91 Å². The molecule has 1 N–H and O–H groups in total. The van der Waals surface area contributed by atoms with Gasteiger partial charge in [0.25, 0.3) is 5.91 Å². The van der Waals surface area contributed by atoms with Gasteiger partial charge in [-0.25, -0.2) is 0 Å². The van der Waals surface area contributed by atoms with Crippen LogP contribution in [0.15, 0.2) is 42.5 Å². The Hall–Kier alpha value is -2.53. The second kappa shape index (κ2) is 11.8. The molecular formula is C25H33ClN2O3. The van der Waals surface area contributed by atoms with Gasteiger partial charge >= 0.3 is 0 Å². The van der Waals surface area contributed by atoms with Gasteiger partial charge in [0, 0.05) is 17.6 Å². The van der Waals surface area contributed by atoms with Gasteiger partial charge < -0.3 is 15.0 Å². The molecule has 0 radical (unpaired) electrons. The summed E-state index contributed by atoms with van der Waals surface area (Å²) in [5, 5.41) is 3.63. The molecule has 0 aromatic heterocycles. The molecule has 0 aliphatic heterocycles. The maximum atomic E-state index is 13.2. The predicted molar refractivity (Wildman–Crippen MR) is 125 cm³/mol. The monoisotopic (exact) mass is 444 g/mol. The molecule has 31 heavy (non-hydrogen) atoms. The number of amides is 2. The fourth-order valence-electron chi connectivity index (χ4n) is 3.33. The third kappa shape index (κ3) is 7.28. The first-order chi connectivity index (χ1) is 14.7. The number of carbonyl (C=O) groups is 2. The van der Waals surface area contributed by atoms with Gasteiger partial charge in [0.1, 0.15) is 11.8 Å². The average molecular weight is 445 g/mol. The molecule has 0 aliphatic rings. The Morgan fingerprint density at radius 3 is 2.32 bits per heavy atom. The standard InChI is InChI=1S/C25H33ClN2O3/c1-6-19(5)27-25(30)22(7-2)28(15-20-9-11-21(26)12-10-20)24(29)16-31-23-13-8-17(3)14-18(23)4/h8-14,19,22H,6-7,15-16H2,1-5H3,(H,27,30)/t19-,22-/m1/s1. The van der Waals surface area contributed by atoms with Crippen LogP contribution in [0.1, 0.15) is 50.3 Å². The van der Waals surface area contributed by atoms with Crippen LogP contribution in [0, 0.1) is 13.8 Å². The Balaban J connectivity index is 2.22. The fourth-order valence-corrected chi connectivity index (χ4v) is 3.46. The van der Waals surface area contributed by atoms with Crippen molar-refractivity contribution in [1.82, 2.24) is 10.2 Å². The average Bonchev–Trinajstić information content (AvgIpc) is 2.74. The van der Waals surface area contributed by atoms with Crippen molar-refractivity contribution in [2.45, 2.75) is 66.1 Å². The van der Waals surface area contributed by atoms with E-state index in [4.69, 9.17) is 16.3 Å². The summed E-state index contributed by atoms with van der Waals surface area (Å²) in [6, 6.07) is 12.6. The molecule has 2 aromatic rings. The molecule has 2 amide bonds. The van der Waals surface area contributed by atoms with Crippen molar-refractivity contribution in [2.24, 2.45) is 0 Å². The number of nitrogens with one attached hydrogen (secondary N) is 1. The molecule has 0 bridgehead atoms. The van der Waals surface area contributed by atoms with E-state index in [1.54, 1.807) is 17.0 Å². The van der Waals surface area contributed by atoms with Crippen LogP contribution in [0.4, 0.5) is 0 Å². The lowest BCUT2D eigenvalue weighted by Crippen LogP contribution is -2.51. The first-order valence-corrected chi connectivity index (χ1v) is 11.2. The Kier molecular flexibility index (Phi) is 9.38. The lowest BCUT2D eigenvalue weighted by molar-refractivity contribution is -0.143. The minimum absolute atomic E-state index is 0.0421. The van der Waals surface area contributed by atoms with E-state index in [0.717, 1.165) is 23.1 Å². The molecule has 0 aliphatic carbocycles. The van der Waals surface area contributed by atoms with Crippen molar-refractivity contribution in [3.8, 4) is 5.75 Å². The highest BCUT2D eigenvalue weighted by Gasteiger charge is 2.29. The van der Waals surface area contributed by atoms with Crippen molar-refractivity contribution in [1.29, 1.82) is 0 Å². The first kappa shape index (κ1) is 24.7. The molecule has 0 heterocycles. The number of benzene rings is 2. The van der Waals surface area contributed by atoms with Gasteiger partial charge in [-0.3, -0.25) is 9.59 Å². The second-order valence-corrected chi connectivity index (χ2v) is 8.38. The van der Waals surface area contributed by atoms with Crippen LogP contribution in [0.5, 0.6) is 5.75 Å². The number of nitrogens with zero attached hydrogens (tertiary/aromatic N) is 1. The fraction of sp³-hybridized carbons (Fsp3) is 0.440. The van der Waals surface area contributed by atoms with Crippen LogP contribution >= 0.6 is 11.6 Å². The molecule has 168 valence electrons. The summed E-state index contributed by atoms with van der Waals surface area (Å²) in [6.45, 7) is 10.0. The van der Waals surface area contributed by atoms with Gasteiger partial charge in [-0.1, -0.05) is 55.3 Å². The van der Waals surface area contributed by atoms with Crippen molar-refractivity contribution >= 4 is 23.4 Å². The maximum absolute atomic E-state index is 13.2. The Labute approximate surface area is 190 Å². The van der Waals surface area contributed by atoms with E-state index in [9.17, 15) is 9.59 Å². The van der Waals surface area contributed by atoms with Gasteiger partial charge in [-0.2, -0.15) is 0 Å². The van der Waals surface area contributed by atoms with E-state index in [2.05, 4.69) is 5.32 Å². The van der Waals surface area contributed by atoms with Crippen molar-refractivity contribution in [2.75, 3.05) is 6.61 Å². The maximum Gasteiger partial charge on any atom is 0.261 e. The summed E-state index contributed by atoms with van der Waals surface area (Å²) in [4.78, 5) is 27.8. The van der Waals surface area contributed by atoms with Crippen LogP contribution in [-0.2, 0) is 16.1 Å². The largest absolute Gasteiger partial charge is 0.483 e. The first-order valence-electron chi connectivity index (χ1n) is 10.8. The van der Waals surface area contributed by atoms with Gasteiger partial charge in [-0.15, -0.1) is 0 Å². The van der Waals surface area contributed by atoms with Crippen LogP contribution in [-0.4, -0.2) is 35.4 Å². The molecule has 0 saturated heterocycles. The van der Waals surface area contributed by atoms with E-state index >= 15 is 0 Å². The zero-order valence-corrected chi connectivity index (χ0v) is 19.8. The number of hydrogen-bond donors (Lipinski definition) is 1.